The quantitative estimate of drug-likeness (QED) is 0.210. The molecule has 33 heavy (non-hydrogen) atoms. The summed E-state index contributed by atoms with van der Waals surface area (Å²) in [5.41, 5.74) is 3.42. The summed E-state index contributed by atoms with van der Waals surface area (Å²) >= 11 is 17.6. The molecule has 3 rings (SSSR count). The number of hydrazone groups is 1. The van der Waals surface area contributed by atoms with Crippen LogP contribution in [0.3, 0.4) is 0 Å². The van der Waals surface area contributed by atoms with Gasteiger partial charge in [0, 0.05) is 15.6 Å². The average Bonchev–Trinajstić information content (AvgIpc) is 2.78. The number of amides is 2. The van der Waals surface area contributed by atoms with Crippen LogP contribution < -0.4 is 15.5 Å². The third kappa shape index (κ3) is 7.32. The van der Waals surface area contributed by atoms with Crippen LogP contribution in [0.2, 0.25) is 15.1 Å². The Hall–Kier alpha value is -3.39. The summed E-state index contributed by atoms with van der Waals surface area (Å²) in [6, 6.07) is 17.2. The van der Waals surface area contributed by atoms with E-state index in [0.717, 1.165) is 0 Å². The molecular weight excluding hydrogens is 489 g/mol. The van der Waals surface area contributed by atoms with Gasteiger partial charge in [0.1, 0.15) is 5.75 Å². The Labute approximate surface area is 204 Å². The second-order valence-corrected chi connectivity index (χ2v) is 7.85. The van der Waals surface area contributed by atoms with Crippen molar-refractivity contribution in [1.82, 2.24) is 10.7 Å². The normalized spacial score (nSPS) is 10.6. The summed E-state index contributed by atoms with van der Waals surface area (Å²) in [7, 11) is 0. The topological polar surface area (TPSA) is 96.9 Å². The average molecular weight is 505 g/mol. The monoisotopic (exact) mass is 503 g/mol. The Morgan fingerprint density at radius 1 is 0.909 bits per heavy atom. The maximum atomic E-state index is 12.3. The number of hydrogen-bond acceptors (Lipinski definition) is 5. The highest BCUT2D eigenvalue weighted by Gasteiger charge is 2.13. The van der Waals surface area contributed by atoms with E-state index in [2.05, 4.69) is 15.8 Å². The van der Waals surface area contributed by atoms with Crippen LogP contribution in [-0.2, 0) is 4.79 Å². The van der Waals surface area contributed by atoms with Crippen molar-refractivity contribution < 1.29 is 19.1 Å². The summed E-state index contributed by atoms with van der Waals surface area (Å²) in [5, 5.41) is 7.40. The van der Waals surface area contributed by atoms with Gasteiger partial charge in [-0.25, -0.2) is 10.2 Å². The van der Waals surface area contributed by atoms with Crippen LogP contribution in [0, 0.1) is 0 Å². The molecule has 0 unspecified atom stereocenters. The summed E-state index contributed by atoms with van der Waals surface area (Å²) in [5.74, 6) is -1.32. The molecule has 0 heterocycles. The van der Waals surface area contributed by atoms with Crippen LogP contribution >= 0.6 is 34.8 Å². The first-order chi connectivity index (χ1) is 15.8. The van der Waals surface area contributed by atoms with Gasteiger partial charge in [0.15, 0.2) is 0 Å². The summed E-state index contributed by atoms with van der Waals surface area (Å²) in [4.78, 5) is 36.2. The van der Waals surface area contributed by atoms with Crippen molar-refractivity contribution in [3.63, 3.8) is 0 Å². The molecule has 168 valence electrons. The molecule has 3 aromatic carbocycles. The van der Waals surface area contributed by atoms with Crippen LogP contribution in [0.5, 0.6) is 5.75 Å². The van der Waals surface area contributed by atoms with Gasteiger partial charge >= 0.3 is 5.97 Å². The van der Waals surface area contributed by atoms with Crippen LogP contribution in [0.4, 0.5) is 0 Å². The second kappa shape index (κ2) is 11.5. The highest BCUT2D eigenvalue weighted by atomic mass is 35.5. The van der Waals surface area contributed by atoms with Crippen LogP contribution in [0.25, 0.3) is 0 Å². The number of nitrogens with zero attached hydrogens (tertiary/aromatic N) is 1. The highest BCUT2D eigenvalue weighted by molar-refractivity contribution is 6.36. The third-order valence-electron chi connectivity index (χ3n) is 4.14. The molecule has 0 aliphatic rings. The lowest BCUT2D eigenvalue weighted by Crippen LogP contribution is -2.34. The Kier molecular flexibility index (Phi) is 8.43. The third-order valence-corrected chi connectivity index (χ3v) is 4.94. The maximum absolute atomic E-state index is 12.3. The minimum atomic E-state index is -0.643. The molecule has 2 amide bonds. The van der Waals surface area contributed by atoms with Gasteiger partial charge in [-0.05, 0) is 60.2 Å². The largest absolute Gasteiger partial charge is 0.423 e. The molecule has 0 atom stereocenters. The number of hydrogen-bond donors (Lipinski definition) is 2. The summed E-state index contributed by atoms with van der Waals surface area (Å²) < 4.78 is 5.33. The van der Waals surface area contributed by atoms with Gasteiger partial charge in [-0.15, -0.1) is 0 Å². The van der Waals surface area contributed by atoms with Crippen molar-refractivity contribution in [3.8, 4) is 5.75 Å². The fourth-order valence-corrected chi connectivity index (χ4v) is 3.17. The van der Waals surface area contributed by atoms with Crippen molar-refractivity contribution in [1.29, 1.82) is 0 Å². The number of esters is 1. The number of carbonyl (C=O) groups is 3. The molecular formula is C23H16Cl3N3O4. The predicted molar refractivity (Wildman–Crippen MR) is 127 cm³/mol. The molecule has 0 fully saturated rings. The molecule has 0 saturated heterocycles. The van der Waals surface area contributed by atoms with Gasteiger partial charge in [-0.2, -0.15) is 5.10 Å². The van der Waals surface area contributed by atoms with E-state index >= 15 is 0 Å². The van der Waals surface area contributed by atoms with Gasteiger partial charge in [0.2, 0.25) is 0 Å². The van der Waals surface area contributed by atoms with E-state index in [1.165, 1.54) is 24.4 Å². The van der Waals surface area contributed by atoms with Crippen LogP contribution in [0.1, 0.15) is 26.3 Å². The Morgan fingerprint density at radius 2 is 1.64 bits per heavy atom. The Balaban J connectivity index is 1.51. The smallest absolute Gasteiger partial charge is 0.345 e. The van der Waals surface area contributed by atoms with E-state index < -0.39 is 17.8 Å². The summed E-state index contributed by atoms with van der Waals surface area (Å²) in [6.07, 6.45) is 1.37. The van der Waals surface area contributed by atoms with Crippen molar-refractivity contribution in [2.45, 2.75) is 0 Å². The standard InChI is InChI=1S/C23H16Cl3N3O4/c24-16-6-4-15(5-7-16)22(31)27-13-21(30)29-28-12-14-2-1-3-18(10-14)33-23(32)19-9-8-17(25)11-20(19)26/h1-12H,13H2,(H,27,31)(H,29,30)/b28-12-. The molecule has 0 aromatic heterocycles. The fourth-order valence-electron chi connectivity index (χ4n) is 2.56. The maximum Gasteiger partial charge on any atom is 0.345 e. The number of benzene rings is 3. The molecule has 0 aliphatic carbocycles. The minimum absolute atomic E-state index is 0.174. The van der Waals surface area contributed by atoms with Crippen molar-refractivity contribution in [2.24, 2.45) is 5.10 Å². The zero-order valence-electron chi connectivity index (χ0n) is 16.8. The number of nitrogens with one attached hydrogen (secondary N) is 2. The lowest BCUT2D eigenvalue weighted by Gasteiger charge is -2.07. The molecule has 3 aromatic rings. The lowest BCUT2D eigenvalue weighted by molar-refractivity contribution is -0.120. The van der Waals surface area contributed by atoms with E-state index in [9.17, 15) is 14.4 Å². The van der Waals surface area contributed by atoms with Gasteiger partial charge in [0.25, 0.3) is 11.8 Å². The summed E-state index contributed by atoms with van der Waals surface area (Å²) in [6.45, 7) is -0.266. The molecule has 2 N–H and O–H groups in total. The van der Waals surface area contributed by atoms with E-state index in [-0.39, 0.29) is 22.9 Å². The second-order valence-electron chi connectivity index (χ2n) is 6.57. The van der Waals surface area contributed by atoms with E-state index in [1.807, 2.05) is 0 Å². The first-order valence-electron chi connectivity index (χ1n) is 9.45. The Bertz CT molecular complexity index is 1210. The van der Waals surface area contributed by atoms with Crippen molar-refractivity contribution in [2.75, 3.05) is 6.54 Å². The van der Waals surface area contributed by atoms with E-state index in [1.54, 1.807) is 48.5 Å². The molecule has 0 saturated carbocycles. The number of ether oxygens (including phenoxy) is 1. The highest BCUT2D eigenvalue weighted by Crippen LogP contribution is 2.23. The number of halogens is 3. The fraction of sp³-hybridized carbons (Fsp3) is 0.0435. The molecule has 0 spiro atoms. The molecule has 7 nitrogen and oxygen atoms in total. The molecule has 0 bridgehead atoms. The van der Waals surface area contributed by atoms with Crippen molar-refractivity contribution >= 4 is 58.8 Å². The first-order valence-corrected chi connectivity index (χ1v) is 10.6. The Morgan fingerprint density at radius 3 is 2.36 bits per heavy atom. The predicted octanol–water partition coefficient (Wildman–Crippen LogP) is 4.75. The van der Waals surface area contributed by atoms with Crippen molar-refractivity contribution in [3.05, 3.63) is 98.5 Å². The van der Waals surface area contributed by atoms with Crippen LogP contribution in [0.15, 0.2) is 71.8 Å². The minimum Gasteiger partial charge on any atom is -0.423 e. The van der Waals surface area contributed by atoms with Gasteiger partial charge < -0.3 is 10.1 Å². The van der Waals surface area contributed by atoms with E-state index in [4.69, 9.17) is 39.5 Å². The van der Waals surface area contributed by atoms with Gasteiger partial charge in [0.05, 0.1) is 23.3 Å². The van der Waals surface area contributed by atoms with Crippen LogP contribution in [-0.4, -0.2) is 30.5 Å². The first kappa shape index (κ1) is 24.3. The van der Waals surface area contributed by atoms with Gasteiger partial charge in [-0.3, -0.25) is 9.59 Å². The molecule has 0 radical (unpaired) electrons. The lowest BCUT2D eigenvalue weighted by atomic mass is 10.2. The SMILES string of the molecule is O=C(CNC(=O)c1ccc(Cl)cc1)N/N=C\c1cccc(OC(=O)c2ccc(Cl)cc2Cl)c1. The number of rotatable bonds is 7. The molecule has 0 aliphatic heterocycles. The van der Waals surface area contributed by atoms with Gasteiger partial charge in [-0.1, -0.05) is 46.9 Å². The van der Waals surface area contributed by atoms with E-state index in [0.29, 0.717) is 21.2 Å². The zero-order valence-corrected chi connectivity index (χ0v) is 19.1. The zero-order chi connectivity index (χ0) is 23.8. The molecule has 10 heteroatoms. The number of carbonyl (C=O) groups excluding carboxylic acids is 3.